The second kappa shape index (κ2) is 7.71. The number of hydrogen-bond acceptors (Lipinski definition) is 5. The number of benzene rings is 2. The fraction of sp³-hybridized carbons (Fsp3) is 0.586. The predicted octanol–water partition coefficient (Wildman–Crippen LogP) is 3.97. The summed E-state index contributed by atoms with van der Waals surface area (Å²) in [6.07, 6.45) is 7.18. The van der Waals surface area contributed by atoms with E-state index >= 15 is 0 Å². The zero-order chi connectivity index (χ0) is 22.9. The molecule has 2 bridgehead atoms. The summed E-state index contributed by atoms with van der Waals surface area (Å²) in [6, 6.07) is 14.8. The summed E-state index contributed by atoms with van der Waals surface area (Å²) in [5, 5.41) is 21.9. The molecular formula is C29H35NO4. The summed E-state index contributed by atoms with van der Waals surface area (Å²) in [6.45, 7) is 2.87. The number of aliphatic hydroxyl groups is 1. The van der Waals surface area contributed by atoms with Gasteiger partial charge in [-0.1, -0.05) is 36.4 Å². The van der Waals surface area contributed by atoms with Crippen molar-refractivity contribution in [2.45, 2.75) is 80.6 Å². The van der Waals surface area contributed by atoms with E-state index in [1.807, 2.05) is 0 Å². The van der Waals surface area contributed by atoms with Gasteiger partial charge in [0, 0.05) is 24.8 Å². The first-order valence-electron chi connectivity index (χ1n) is 13.2. The first kappa shape index (κ1) is 21.2. The molecule has 2 N–H and O–H groups in total. The van der Waals surface area contributed by atoms with Crippen LogP contribution in [0.5, 0.6) is 11.5 Å². The summed E-state index contributed by atoms with van der Waals surface area (Å²) >= 11 is 0. The SMILES string of the molecule is Oc1ccc2c3c1O[C@H]1[C@H](O)CC[C@@]4(OCCCc5ccccc5)C(C2)N(CC2CC2)CCC314. The van der Waals surface area contributed by atoms with Crippen LogP contribution in [0.4, 0.5) is 0 Å². The van der Waals surface area contributed by atoms with E-state index in [9.17, 15) is 10.2 Å². The van der Waals surface area contributed by atoms with Crippen molar-refractivity contribution in [1.82, 2.24) is 4.90 Å². The molecule has 1 saturated heterocycles. The van der Waals surface area contributed by atoms with Crippen molar-refractivity contribution in [1.29, 1.82) is 0 Å². The van der Waals surface area contributed by atoms with E-state index in [-0.39, 0.29) is 22.9 Å². The van der Waals surface area contributed by atoms with Gasteiger partial charge in [0.1, 0.15) is 6.10 Å². The molecule has 5 heteroatoms. The minimum atomic E-state index is -0.533. The van der Waals surface area contributed by atoms with E-state index in [2.05, 4.69) is 41.3 Å². The standard InChI is InChI=1S/C29H35NO4/c31-22-11-10-21-17-24-29(33-16-4-7-19-5-2-1-3-6-19)13-12-23(32)27-28(29,25(21)26(22)34-27)14-15-30(24)18-20-8-9-20/h1-3,5-6,10-11,20,23-24,27,31-32H,4,7-9,12-18H2/t23-,24?,27+,28?,29-/m1/s1. The molecule has 2 heterocycles. The highest BCUT2D eigenvalue weighted by atomic mass is 16.5. The van der Waals surface area contributed by atoms with E-state index in [0.717, 1.165) is 56.7 Å². The average molecular weight is 462 g/mol. The maximum atomic E-state index is 11.2. The number of aryl methyl sites for hydroxylation is 1. The average Bonchev–Trinajstić information content (AvgIpc) is 3.59. The van der Waals surface area contributed by atoms with Crippen molar-refractivity contribution in [3.8, 4) is 11.5 Å². The third-order valence-corrected chi connectivity index (χ3v) is 9.50. The molecule has 1 spiro atoms. The van der Waals surface area contributed by atoms with Crippen molar-refractivity contribution < 1.29 is 19.7 Å². The van der Waals surface area contributed by atoms with Gasteiger partial charge in [-0.2, -0.15) is 0 Å². The molecule has 7 rings (SSSR count). The monoisotopic (exact) mass is 461 g/mol. The largest absolute Gasteiger partial charge is 0.504 e. The Morgan fingerprint density at radius 3 is 2.74 bits per heavy atom. The Morgan fingerprint density at radius 2 is 1.91 bits per heavy atom. The van der Waals surface area contributed by atoms with E-state index in [0.29, 0.717) is 24.8 Å². The van der Waals surface area contributed by atoms with E-state index in [1.54, 1.807) is 6.07 Å². The highest BCUT2D eigenvalue weighted by Gasteiger charge is 2.74. The van der Waals surface area contributed by atoms with Gasteiger partial charge in [0.05, 0.1) is 17.1 Å². The van der Waals surface area contributed by atoms with Gasteiger partial charge in [0.2, 0.25) is 0 Å². The molecule has 3 aliphatic carbocycles. The number of ether oxygens (including phenoxy) is 2. The number of hydrogen-bond donors (Lipinski definition) is 2. The van der Waals surface area contributed by atoms with Gasteiger partial charge in [-0.05, 0) is 81.0 Å². The molecule has 2 saturated carbocycles. The van der Waals surface area contributed by atoms with Crippen LogP contribution < -0.4 is 4.74 Å². The molecule has 0 aromatic heterocycles. The van der Waals surface area contributed by atoms with Crippen molar-refractivity contribution in [2.24, 2.45) is 5.92 Å². The molecule has 5 aliphatic rings. The minimum absolute atomic E-state index is 0.201. The minimum Gasteiger partial charge on any atom is -0.504 e. The topological polar surface area (TPSA) is 62.2 Å². The summed E-state index contributed by atoms with van der Waals surface area (Å²) in [5.74, 6) is 1.63. The molecule has 0 radical (unpaired) electrons. The highest BCUT2D eigenvalue weighted by Crippen LogP contribution is 2.66. The van der Waals surface area contributed by atoms with E-state index < -0.39 is 6.10 Å². The van der Waals surface area contributed by atoms with Gasteiger partial charge in [0.15, 0.2) is 11.5 Å². The van der Waals surface area contributed by atoms with Crippen LogP contribution in [-0.4, -0.2) is 58.7 Å². The Labute approximate surface area is 201 Å². The molecule has 0 amide bonds. The zero-order valence-corrected chi connectivity index (χ0v) is 19.8. The number of aliphatic hydroxyl groups excluding tert-OH is 1. The smallest absolute Gasteiger partial charge is 0.165 e. The number of phenolic OH excluding ortho intramolecular Hbond substituents is 1. The Bertz CT molecular complexity index is 1090. The number of rotatable bonds is 7. The molecule has 3 fully saturated rings. The van der Waals surface area contributed by atoms with Crippen molar-refractivity contribution in [3.63, 3.8) is 0 Å². The van der Waals surface area contributed by atoms with Gasteiger partial charge in [-0.3, -0.25) is 4.90 Å². The van der Waals surface area contributed by atoms with Gasteiger partial charge in [-0.25, -0.2) is 0 Å². The van der Waals surface area contributed by atoms with Crippen LogP contribution in [-0.2, 0) is 23.0 Å². The number of nitrogens with zero attached hydrogens (tertiary/aromatic N) is 1. The molecule has 180 valence electrons. The molecule has 34 heavy (non-hydrogen) atoms. The molecule has 2 aliphatic heterocycles. The van der Waals surface area contributed by atoms with Gasteiger partial charge in [-0.15, -0.1) is 0 Å². The Balaban J connectivity index is 1.28. The fourth-order valence-electron chi connectivity index (χ4n) is 7.90. The third kappa shape index (κ3) is 2.90. The summed E-state index contributed by atoms with van der Waals surface area (Å²) < 4.78 is 13.6. The summed E-state index contributed by atoms with van der Waals surface area (Å²) in [5.41, 5.74) is 3.00. The molecule has 5 atom stereocenters. The molecule has 2 aromatic rings. The number of likely N-dealkylation sites (tertiary alicyclic amines) is 1. The lowest BCUT2D eigenvalue weighted by atomic mass is 9.48. The molecule has 2 aromatic carbocycles. The molecular weight excluding hydrogens is 426 g/mol. The van der Waals surface area contributed by atoms with Crippen molar-refractivity contribution in [3.05, 3.63) is 59.2 Å². The zero-order valence-electron chi connectivity index (χ0n) is 19.8. The van der Waals surface area contributed by atoms with Crippen LogP contribution in [0, 0.1) is 5.92 Å². The maximum absolute atomic E-state index is 11.2. The lowest BCUT2D eigenvalue weighted by Crippen LogP contribution is -2.78. The Kier molecular flexibility index (Phi) is 4.81. The van der Waals surface area contributed by atoms with Gasteiger partial charge in [0.25, 0.3) is 0 Å². The molecule has 5 nitrogen and oxygen atoms in total. The summed E-state index contributed by atoms with van der Waals surface area (Å²) in [7, 11) is 0. The van der Waals surface area contributed by atoms with Gasteiger partial charge >= 0.3 is 0 Å². The lowest BCUT2D eigenvalue weighted by molar-refractivity contribution is -0.233. The first-order chi connectivity index (χ1) is 16.6. The van der Waals surface area contributed by atoms with Crippen LogP contribution in [0.15, 0.2) is 42.5 Å². The van der Waals surface area contributed by atoms with Crippen molar-refractivity contribution >= 4 is 0 Å². The number of phenols is 1. The highest BCUT2D eigenvalue weighted by molar-refractivity contribution is 5.62. The second-order valence-electron chi connectivity index (χ2n) is 11.3. The maximum Gasteiger partial charge on any atom is 0.165 e. The van der Waals surface area contributed by atoms with Crippen LogP contribution in [0.3, 0.4) is 0 Å². The predicted molar refractivity (Wildman–Crippen MR) is 129 cm³/mol. The van der Waals surface area contributed by atoms with Crippen molar-refractivity contribution in [2.75, 3.05) is 19.7 Å². The van der Waals surface area contributed by atoms with E-state index in [4.69, 9.17) is 9.47 Å². The Morgan fingerprint density at radius 1 is 1.06 bits per heavy atom. The summed E-state index contributed by atoms with van der Waals surface area (Å²) in [4.78, 5) is 2.71. The van der Waals surface area contributed by atoms with Crippen LogP contribution in [0.25, 0.3) is 0 Å². The van der Waals surface area contributed by atoms with Crippen LogP contribution >= 0.6 is 0 Å². The van der Waals surface area contributed by atoms with Crippen LogP contribution in [0.1, 0.15) is 55.2 Å². The molecule has 2 unspecified atom stereocenters. The number of piperidine rings is 1. The van der Waals surface area contributed by atoms with Gasteiger partial charge < -0.3 is 19.7 Å². The fourth-order valence-corrected chi connectivity index (χ4v) is 7.90. The lowest BCUT2D eigenvalue weighted by Gasteiger charge is -2.65. The quantitative estimate of drug-likeness (QED) is 0.611. The number of aromatic hydroxyl groups is 1. The van der Waals surface area contributed by atoms with E-state index in [1.165, 1.54) is 24.0 Å². The second-order valence-corrected chi connectivity index (χ2v) is 11.3. The first-order valence-corrected chi connectivity index (χ1v) is 13.2. The van der Waals surface area contributed by atoms with Crippen LogP contribution in [0.2, 0.25) is 0 Å². The normalized spacial score (nSPS) is 35.6. The third-order valence-electron chi connectivity index (χ3n) is 9.50. The Hall–Kier alpha value is -2.08.